The topological polar surface area (TPSA) is 20.2 Å². The fourth-order valence-corrected chi connectivity index (χ4v) is 3.99. The van der Waals surface area contributed by atoms with Gasteiger partial charge >= 0.3 is 0 Å². The summed E-state index contributed by atoms with van der Waals surface area (Å²) in [5.74, 6) is 0. The van der Waals surface area contributed by atoms with Crippen LogP contribution in [0.4, 0.5) is 0 Å². The lowest BCUT2D eigenvalue weighted by molar-refractivity contribution is -0.0000860. The van der Waals surface area contributed by atoms with Gasteiger partial charge in [0.2, 0.25) is 0 Å². The average Bonchev–Trinajstić information content (AvgIpc) is 2.62. The van der Waals surface area contributed by atoms with Crippen molar-refractivity contribution < 1.29 is 5.11 Å². The number of hydrogen-bond donors (Lipinski definition) is 1. The van der Waals surface area contributed by atoms with Crippen molar-refractivity contribution in [2.45, 2.75) is 37.7 Å². The average molecular weight is 302 g/mol. The maximum absolute atomic E-state index is 11.3. The lowest BCUT2D eigenvalue weighted by Crippen LogP contribution is -2.29. The third kappa shape index (κ3) is 2.55. The van der Waals surface area contributed by atoms with E-state index in [0.29, 0.717) is 0 Å². The van der Waals surface area contributed by atoms with Gasteiger partial charge in [-0.05, 0) is 40.3 Å². The summed E-state index contributed by atoms with van der Waals surface area (Å²) in [7, 11) is 0. The van der Waals surface area contributed by atoms with Crippen LogP contribution in [0.25, 0.3) is 21.9 Å². The quantitative estimate of drug-likeness (QED) is 0.647. The Morgan fingerprint density at radius 3 is 2.17 bits per heavy atom. The van der Waals surface area contributed by atoms with Crippen molar-refractivity contribution >= 4 is 10.8 Å². The second-order valence-electron chi connectivity index (χ2n) is 6.66. The zero-order valence-electron chi connectivity index (χ0n) is 13.3. The molecule has 0 aromatic heterocycles. The molecule has 0 unspecified atom stereocenters. The number of fused-ring (bicyclic) bond motifs is 1. The van der Waals surface area contributed by atoms with E-state index in [4.69, 9.17) is 0 Å². The van der Waals surface area contributed by atoms with Gasteiger partial charge in [-0.1, -0.05) is 86.0 Å². The van der Waals surface area contributed by atoms with Crippen LogP contribution in [0.3, 0.4) is 0 Å². The molecule has 1 nitrogen and oxygen atoms in total. The summed E-state index contributed by atoms with van der Waals surface area (Å²) < 4.78 is 0. The molecule has 4 rings (SSSR count). The van der Waals surface area contributed by atoms with Crippen LogP contribution < -0.4 is 0 Å². The van der Waals surface area contributed by atoms with Gasteiger partial charge < -0.3 is 5.11 Å². The van der Waals surface area contributed by atoms with Crippen molar-refractivity contribution in [2.75, 3.05) is 0 Å². The predicted molar refractivity (Wildman–Crippen MR) is 96.4 cm³/mol. The minimum absolute atomic E-state index is 0.675. The summed E-state index contributed by atoms with van der Waals surface area (Å²) >= 11 is 0. The molecule has 1 aliphatic rings. The fourth-order valence-electron chi connectivity index (χ4n) is 3.99. The highest BCUT2D eigenvalue weighted by molar-refractivity contribution is 5.97. The first-order chi connectivity index (χ1) is 11.3. The molecule has 1 saturated carbocycles. The van der Waals surface area contributed by atoms with Crippen molar-refractivity contribution in [3.63, 3.8) is 0 Å². The molecule has 1 N–H and O–H groups in total. The van der Waals surface area contributed by atoms with Gasteiger partial charge in [0.15, 0.2) is 0 Å². The Kier molecular flexibility index (Phi) is 3.66. The minimum Gasteiger partial charge on any atom is -0.385 e. The number of benzene rings is 3. The zero-order chi connectivity index (χ0) is 15.7. The molecule has 0 amide bonds. The van der Waals surface area contributed by atoms with Crippen LogP contribution in [0, 0.1) is 0 Å². The van der Waals surface area contributed by atoms with Crippen LogP contribution in [0.2, 0.25) is 0 Å². The smallest absolute Gasteiger partial charge is 0.0902 e. The number of hydrogen-bond acceptors (Lipinski definition) is 1. The normalized spacial score (nSPS) is 17.3. The molecule has 1 heteroatoms. The lowest BCUT2D eigenvalue weighted by atomic mass is 9.76. The molecule has 3 aromatic carbocycles. The Bertz CT molecular complexity index is 823. The highest BCUT2D eigenvalue weighted by Crippen LogP contribution is 2.42. The van der Waals surface area contributed by atoms with Gasteiger partial charge in [0.1, 0.15) is 0 Å². The predicted octanol–water partition coefficient (Wildman–Crippen LogP) is 5.66. The maximum atomic E-state index is 11.3. The first-order valence-electron chi connectivity index (χ1n) is 8.58. The van der Waals surface area contributed by atoms with Crippen molar-refractivity contribution in [3.05, 3.63) is 72.3 Å². The molecule has 23 heavy (non-hydrogen) atoms. The number of aliphatic hydroxyl groups is 1. The Hall–Kier alpha value is -2.12. The van der Waals surface area contributed by atoms with Gasteiger partial charge in [-0.15, -0.1) is 0 Å². The van der Waals surface area contributed by atoms with Crippen LogP contribution >= 0.6 is 0 Å². The van der Waals surface area contributed by atoms with Gasteiger partial charge in [-0.2, -0.15) is 0 Å². The molecule has 116 valence electrons. The largest absolute Gasteiger partial charge is 0.385 e. The minimum atomic E-state index is -0.675. The van der Waals surface area contributed by atoms with Crippen LogP contribution in [-0.2, 0) is 5.60 Å². The molecule has 1 fully saturated rings. The maximum Gasteiger partial charge on any atom is 0.0902 e. The molecular weight excluding hydrogens is 280 g/mol. The van der Waals surface area contributed by atoms with E-state index in [9.17, 15) is 5.11 Å². The summed E-state index contributed by atoms with van der Waals surface area (Å²) in [4.78, 5) is 0. The molecular formula is C22H22O. The molecule has 3 aromatic rings. The Morgan fingerprint density at radius 1 is 0.652 bits per heavy atom. The van der Waals surface area contributed by atoms with E-state index >= 15 is 0 Å². The highest BCUT2D eigenvalue weighted by Gasteiger charge is 2.33. The third-order valence-corrected chi connectivity index (χ3v) is 5.19. The third-order valence-electron chi connectivity index (χ3n) is 5.19. The Labute approximate surface area is 137 Å². The Balaban J connectivity index is 1.92. The van der Waals surface area contributed by atoms with Gasteiger partial charge in [-0.25, -0.2) is 0 Å². The van der Waals surface area contributed by atoms with Crippen molar-refractivity contribution in [3.8, 4) is 11.1 Å². The van der Waals surface area contributed by atoms with Gasteiger partial charge in [0.05, 0.1) is 5.60 Å². The summed E-state index contributed by atoms with van der Waals surface area (Å²) in [5.41, 5.74) is 2.81. The first-order valence-corrected chi connectivity index (χ1v) is 8.58. The van der Waals surface area contributed by atoms with E-state index < -0.39 is 5.60 Å². The number of rotatable bonds is 2. The van der Waals surface area contributed by atoms with E-state index in [0.717, 1.165) is 31.2 Å². The monoisotopic (exact) mass is 302 g/mol. The lowest BCUT2D eigenvalue weighted by Gasteiger charge is -2.34. The second-order valence-corrected chi connectivity index (χ2v) is 6.66. The highest BCUT2D eigenvalue weighted by atomic mass is 16.3. The second kappa shape index (κ2) is 5.82. The fraction of sp³-hybridized carbons (Fsp3) is 0.273. The van der Waals surface area contributed by atoms with Gasteiger partial charge in [0.25, 0.3) is 0 Å². The molecule has 0 aliphatic heterocycles. The molecule has 0 heterocycles. The van der Waals surface area contributed by atoms with E-state index in [2.05, 4.69) is 66.7 Å². The van der Waals surface area contributed by atoms with Crippen LogP contribution in [0.15, 0.2) is 66.7 Å². The van der Waals surface area contributed by atoms with Crippen LogP contribution in [0.1, 0.15) is 37.7 Å². The first kappa shape index (κ1) is 14.5. The summed E-state index contributed by atoms with van der Waals surface area (Å²) in [5, 5.41) is 13.8. The van der Waals surface area contributed by atoms with Gasteiger partial charge in [-0.3, -0.25) is 0 Å². The van der Waals surface area contributed by atoms with E-state index in [-0.39, 0.29) is 0 Å². The van der Waals surface area contributed by atoms with Crippen molar-refractivity contribution in [1.82, 2.24) is 0 Å². The molecule has 0 saturated heterocycles. The van der Waals surface area contributed by atoms with Crippen molar-refractivity contribution in [1.29, 1.82) is 0 Å². The van der Waals surface area contributed by atoms with Crippen molar-refractivity contribution in [2.24, 2.45) is 0 Å². The van der Waals surface area contributed by atoms with Gasteiger partial charge in [0, 0.05) is 0 Å². The summed E-state index contributed by atoms with van der Waals surface area (Å²) in [6.07, 6.45) is 5.20. The summed E-state index contributed by atoms with van der Waals surface area (Å²) in [6, 6.07) is 23.3. The van der Waals surface area contributed by atoms with E-state index in [1.807, 2.05) is 0 Å². The summed E-state index contributed by atoms with van der Waals surface area (Å²) in [6.45, 7) is 0. The molecule has 0 spiro atoms. The van der Waals surface area contributed by atoms with E-state index in [1.165, 1.54) is 28.3 Å². The molecule has 1 aliphatic carbocycles. The standard InChI is InChI=1S/C22H22O/c23-22(15-6-1-7-16-22)21-14-5-4-12-20(21)19-13-8-10-17-9-2-3-11-18(17)19/h2-5,8-14,23H,1,6-7,15-16H2. The van der Waals surface area contributed by atoms with Crippen LogP contribution in [0.5, 0.6) is 0 Å². The molecule has 0 bridgehead atoms. The van der Waals surface area contributed by atoms with E-state index in [1.54, 1.807) is 0 Å². The molecule has 0 atom stereocenters. The SMILES string of the molecule is OC1(c2ccccc2-c2cccc3ccccc23)CCCCC1. The van der Waals surface area contributed by atoms with Crippen LogP contribution in [-0.4, -0.2) is 5.11 Å². The zero-order valence-corrected chi connectivity index (χ0v) is 13.3. The molecule has 0 radical (unpaired) electrons. The Morgan fingerprint density at radius 2 is 1.30 bits per heavy atom.